The summed E-state index contributed by atoms with van der Waals surface area (Å²) in [6.07, 6.45) is 8.19. The quantitative estimate of drug-likeness (QED) is 0.710. The van der Waals surface area contributed by atoms with Gasteiger partial charge in [-0.1, -0.05) is 0 Å². The Balaban J connectivity index is 1.55. The molecule has 1 aliphatic heterocycles. The van der Waals surface area contributed by atoms with Crippen molar-refractivity contribution in [3.8, 4) is 0 Å². The molecular weight excluding hydrogens is 214 g/mol. The lowest BCUT2D eigenvalue weighted by molar-refractivity contribution is -0.117. The van der Waals surface area contributed by atoms with E-state index in [1.165, 1.54) is 38.5 Å². The second kappa shape index (κ2) is 3.24. The summed E-state index contributed by atoms with van der Waals surface area (Å²) in [5.41, 5.74) is 0.255. The van der Waals surface area contributed by atoms with Gasteiger partial charge >= 0.3 is 0 Å². The molecule has 4 heteroatoms. The lowest BCUT2D eigenvalue weighted by Gasteiger charge is -2.57. The lowest BCUT2D eigenvalue weighted by atomic mass is 9.53. The normalized spacial score (nSPS) is 46.9. The van der Waals surface area contributed by atoms with Crippen molar-refractivity contribution in [2.24, 2.45) is 22.7 Å². The zero-order valence-electron chi connectivity index (χ0n) is 10.0. The first-order chi connectivity index (χ1) is 8.21. The maximum absolute atomic E-state index is 11.2. The van der Waals surface area contributed by atoms with Crippen molar-refractivity contribution < 1.29 is 4.79 Å². The van der Waals surface area contributed by atoms with Crippen LogP contribution in [0.1, 0.15) is 38.5 Å². The SMILES string of the molecule is O=C1CN=C(NC23CC4CC(CC(C4)C2)C3)N1. The van der Waals surface area contributed by atoms with Crippen LogP contribution in [0.25, 0.3) is 0 Å². The minimum Gasteiger partial charge on any atom is -0.351 e. The van der Waals surface area contributed by atoms with Crippen LogP contribution in [0, 0.1) is 17.8 Å². The predicted molar refractivity (Wildman–Crippen MR) is 64.5 cm³/mol. The van der Waals surface area contributed by atoms with Gasteiger partial charge in [0.25, 0.3) is 0 Å². The second-order valence-electron chi connectivity index (χ2n) is 6.54. The highest BCUT2D eigenvalue weighted by atomic mass is 16.2. The first-order valence-corrected chi connectivity index (χ1v) is 6.83. The third-order valence-electron chi connectivity index (χ3n) is 5.06. The van der Waals surface area contributed by atoms with E-state index in [1.54, 1.807) is 0 Å². The van der Waals surface area contributed by atoms with Crippen LogP contribution in [0.2, 0.25) is 0 Å². The smallest absolute Gasteiger partial charge is 0.248 e. The molecule has 4 fully saturated rings. The van der Waals surface area contributed by atoms with Gasteiger partial charge in [0.1, 0.15) is 6.54 Å². The molecule has 0 spiro atoms. The monoisotopic (exact) mass is 233 g/mol. The number of hydrogen-bond donors (Lipinski definition) is 2. The molecule has 1 heterocycles. The van der Waals surface area contributed by atoms with Gasteiger partial charge in [-0.05, 0) is 56.3 Å². The van der Waals surface area contributed by atoms with E-state index in [9.17, 15) is 4.79 Å². The van der Waals surface area contributed by atoms with E-state index in [2.05, 4.69) is 15.6 Å². The molecule has 92 valence electrons. The van der Waals surface area contributed by atoms with Gasteiger partial charge in [0, 0.05) is 5.54 Å². The largest absolute Gasteiger partial charge is 0.351 e. The predicted octanol–water partition coefficient (Wildman–Crippen LogP) is 1.03. The number of guanidine groups is 1. The van der Waals surface area contributed by atoms with Crippen molar-refractivity contribution in [2.45, 2.75) is 44.1 Å². The summed E-state index contributed by atoms with van der Waals surface area (Å²) < 4.78 is 0. The number of rotatable bonds is 1. The Labute approximate surface area is 101 Å². The van der Waals surface area contributed by atoms with E-state index in [-0.39, 0.29) is 11.4 Å². The van der Waals surface area contributed by atoms with Crippen LogP contribution in [0.15, 0.2) is 4.99 Å². The van der Waals surface area contributed by atoms with E-state index in [4.69, 9.17) is 0 Å². The van der Waals surface area contributed by atoms with Crippen molar-refractivity contribution in [2.75, 3.05) is 6.54 Å². The first-order valence-electron chi connectivity index (χ1n) is 6.83. The fourth-order valence-electron chi connectivity index (χ4n) is 4.95. The maximum Gasteiger partial charge on any atom is 0.248 e. The number of amides is 1. The molecule has 4 saturated carbocycles. The molecule has 0 radical (unpaired) electrons. The Hall–Kier alpha value is -1.06. The Bertz CT molecular complexity index is 366. The van der Waals surface area contributed by atoms with E-state index in [0.717, 1.165) is 23.7 Å². The minimum absolute atomic E-state index is 0.0252. The number of carbonyl (C=O) groups is 1. The minimum atomic E-state index is 0.0252. The molecule has 4 aliphatic carbocycles. The average molecular weight is 233 g/mol. The van der Waals surface area contributed by atoms with Crippen molar-refractivity contribution >= 4 is 11.9 Å². The molecule has 1 amide bonds. The molecule has 5 rings (SSSR count). The van der Waals surface area contributed by atoms with Gasteiger partial charge in [-0.3, -0.25) is 10.1 Å². The summed E-state index contributed by atoms with van der Waals surface area (Å²) >= 11 is 0. The second-order valence-corrected chi connectivity index (χ2v) is 6.54. The van der Waals surface area contributed by atoms with Crippen LogP contribution in [0.3, 0.4) is 0 Å². The van der Waals surface area contributed by atoms with Gasteiger partial charge in [0.15, 0.2) is 5.96 Å². The summed E-state index contributed by atoms with van der Waals surface area (Å²) in [7, 11) is 0. The Morgan fingerprint density at radius 3 is 2.18 bits per heavy atom. The van der Waals surface area contributed by atoms with Crippen molar-refractivity contribution in [3.63, 3.8) is 0 Å². The Morgan fingerprint density at radius 1 is 1.12 bits per heavy atom. The molecule has 4 nitrogen and oxygen atoms in total. The molecule has 0 aromatic carbocycles. The third-order valence-corrected chi connectivity index (χ3v) is 5.06. The van der Waals surface area contributed by atoms with Crippen LogP contribution >= 0.6 is 0 Å². The number of nitrogens with one attached hydrogen (secondary N) is 2. The fourth-order valence-corrected chi connectivity index (χ4v) is 4.95. The van der Waals surface area contributed by atoms with Crippen LogP contribution in [0.5, 0.6) is 0 Å². The Morgan fingerprint density at radius 2 is 1.71 bits per heavy atom. The number of carbonyl (C=O) groups excluding carboxylic acids is 1. The highest BCUT2D eigenvalue weighted by Crippen LogP contribution is 2.55. The summed E-state index contributed by atoms with van der Waals surface area (Å²) in [5, 5.41) is 6.40. The van der Waals surface area contributed by atoms with Crippen molar-refractivity contribution in [1.82, 2.24) is 10.6 Å². The molecule has 0 aromatic heterocycles. The summed E-state index contributed by atoms with van der Waals surface area (Å²) in [6, 6.07) is 0. The molecule has 2 N–H and O–H groups in total. The molecule has 0 unspecified atom stereocenters. The third kappa shape index (κ3) is 1.57. The summed E-state index contributed by atoms with van der Waals surface area (Å²) in [6.45, 7) is 0.300. The van der Waals surface area contributed by atoms with Gasteiger partial charge in [-0.15, -0.1) is 0 Å². The van der Waals surface area contributed by atoms with E-state index in [1.807, 2.05) is 0 Å². The molecule has 5 aliphatic rings. The van der Waals surface area contributed by atoms with Crippen LogP contribution in [0.4, 0.5) is 0 Å². The zero-order valence-corrected chi connectivity index (χ0v) is 10.0. The fraction of sp³-hybridized carbons (Fsp3) is 0.846. The van der Waals surface area contributed by atoms with E-state index < -0.39 is 0 Å². The zero-order chi connectivity index (χ0) is 11.5. The highest BCUT2D eigenvalue weighted by Gasteiger charge is 2.51. The molecule has 4 bridgehead atoms. The summed E-state index contributed by atoms with van der Waals surface area (Å²) in [4.78, 5) is 15.4. The van der Waals surface area contributed by atoms with E-state index >= 15 is 0 Å². The first kappa shape index (κ1) is 9.92. The molecule has 0 aromatic rings. The van der Waals surface area contributed by atoms with Gasteiger partial charge in [-0.2, -0.15) is 0 Å². The van der Waals surface area contributed by atoms with Crippen LogP contribution in [-0.2, 0) is 4.79 Å². The van der Waals surface area contributed by atoms with E-state index in [0.29, 0.717) is 6.54 Å². The molecule has 17 heavy (non-hydrogen) atoms. The van der Waals surface area contributed by atoms with Crippen LogP contribution in [-0.4, -0.2) is 24.0 Å². The van der Waals surface area contributed by atoms with Gasteiger partial charge in [0.2, 0.25) is 5.91 Å². The average Bonchev–Trinajstić information content (AvgIpc) is 2.60. The molecular formula is C13H19N3O. The number of nitrogens with zero attached hydrogens (tertiary/aromatic N) is 1. The highest BCUT2D eigenvalue weighted by molar-refractivity contribution is 6.03. The number of aliphatic imine (C=N–C) groups is 1. The topological polar surface area (TPSA) is 53.5 Å². The van der Waals surface area contributed by atoms with Crippen molar-refractivity contribution in [1.29, 1.82) is 0 Å². The maximum atomic E-state index is 11.2. The number of hydrogen-bond acceptors (Lipinski definition) is 3. The Kier molecular flexibility index (Phi) is 1.89. The lowest BCUT2D eigenvalue weighted by Crippen LogP contribution is -2.61. The summed E-state index contributed by atoms with van der Waals surface area (Å²) in [5.74, 6) is 3.53. The molecule has 0 saturated heterocycles. The van der Waals surface area contributed by atoms with Crippen LogP contribution < -0.4 is 10.6 Å². The van der Waals surface area contributed by atoms with Gasteiger partial charge in [-0.25, -0.2) is 4.99 Å². The van der Waals surface area contributed by atoms with Gasteiger partial charge < -0.3 is 5.32 Å². The van der Waals surface area contributed by atoms with Gasteiger partial charge in [0.05, 0.1) is 0 Å². The standard InChI is InChI=1S/C13H19N3O/c17-11-7-14-12(15-11)16-13-4-8-1-9(5-13)3-10(2-8)6-13/h8-10H,1-7H2,(H2,14,15,16,17). The van der Waals surface area contributed by atoms with Crippen molar-refractivity contribution in [3.05, 3.63) is 0 Å². The molecule has 0 atom stereocenters.